The van der Waals surface area contributed by atoms with Crippen molar-refractivity contribution in [3.05, 3.63) is 70.2 Å². The van der Waals surface area contributed by atoms with Gasteiger partial charge in [-0.25, -0.2) is 0 Å². The fourth-order valence-electron chi connectivity index (χ4n) is 3.51. The predicted molar refractivity (Wildman–Crippen MR) is 129 cm³/mol. The van der Waals surface area contributed by atoms with Crippen LogP contribution in [0.25, 0.3) is 0 Å². The van der Waals surface area contributed by atoms with Gasteiger partial charge in [0.2, 0.25) is 11.0 Å². The Morgan fingerprint density at radius 2 is 1.91 bits per heavy atom. The topological polar surface area (TPSA) is 75.2 Å². The molecule has 1 fully saturated rings. The van der Waals surface area contributed by atoms with Crippen molar-refractivity contribution >= 4 is 51.6 Å². The molecule has 3 aromatic rings. The molecular formula is C23H23ClN4O2S2. The van der Waals surface area contributed by atoms with Crippen molar-refractivity contribution in [2.45, 2.75) is 29.9 Å². The van der Waals surface area contributed by atoms with Gasteiger partial charge in [0, 0.05) is 29.4 Å². The lowest BCUT2D eigenvalue weighted by molar-refractivity contribution is -0.121. The number of aromatic nitrogens is 2. The minimum absolute atomic E-state index is 0.0788. The number of likely N-dealkylation sites (tertiary alicyclic amines) is 1. The quantitative estimate of drug-likeness (QED) is 0.379. The molecule has 0 saturated carbocycles. The number of benzene rings is 2. The number of nitrogens with zero attached hydrogens (tertiary/aromatic N) is 3. The van der Waals surface area contributed by atoms with Crippen LogP contribution in [0.1, 0.15) is 34.3 Å². The van der Waals surface area contributed by atoms with Gasteiger partial charge in [-0.1, -0.05) is 64.5 Å². The molecule has 0 unspecified atom stereocenters. The first-order chi connectivity index (χ1) is 15.5. The maximum absolute atomic E-state index is 12.8. The molecule has 9 heteroatoms. The Morgan fingerprint density at radius 3 is 2.66 bits per heavy atom. The molecule has 0 aliphatic carbocycles. The fraction of sp³-hybridized carbons (Fsp3) is 0.304. The van der Waals surface area contributed by atoms with Gasteiger partial charge < -0.3 is 10.2 Å². The second-order valence-corrected chi connectivity index (χ2v) is 10.4. The van der Waals surface area contributed by atoms with Gasteiger partial charge in [0.15, 0.2) is 4.34 Å². The molecule has 4 rings (SSSR count). The third-order valence-electron chi connectivity index (χ3n) is 5.29. The number of rotatable bonds is 6. The Morgan fingerprint density at radius 1 is 1.16 bits per heavy atom. The fourth-order valence-corrected chi connectivity index (χ4v) is 5.34. The van der Waals surface area contributed by atoms with Gasteiger partial charge in [0.05, 0.1) is 5.92 Å². The van der Waals surface area contributed by atoms with Gasteiger partial charge in [-0.15, -0.1) is 10.2 Å². The van der Waals surface area contributed by atoms with E-state index in [1.54, 1.807) is 40.9 Å². The number of thioether (sulfide) groups is 1. The lowest BCUT2D eigenvalue weighted by Crippen LogP contribution is -2.43. The van der Waals surface area contributed by atoms with Crippen LogP contribution in [0, 0.1) is 12.8 Å². The first-order valence-electron chi connectivity index (χ1n) is 10.4. The highest BCUT2D eigenvalue weighted by Crippen LogP contribution is 2.29. The third-order valence-corrected chi connectivity index (χ3v) is 7.59. The van der Waals surface area contributed by atoms with Crippen LogP contribution in [0.2, 0.25) is 5.02 Å². The predicted octanol–water partition coefficient (Wildman–Crippen LogP) is 5.28. The summed E-state index contributed by atoms with van der Waals surface area (Å²) in [5, 5.41) is 12.2. The second-order valence-electron chi connectivity index (χ2n) is 7.73. The monoisotopic (exact) mass is 486 g/mol. The maximum Gasteiger partial charge on any atom is 0.253 e. The molecule has 32 heavy (non-hydrogen) atoms. The van der Waals surface area contributed by atoms with E-state index in [2.05, 4.69) is 46.7 Å². The average Bonchev–Trinajstić information content (AvgIpc) is 3.26. The number of anilines is 1. The normalized spacial score (nSPS) is 16.1. The highest BCUT2D eigenvalue weighted by atomic mass is 35.5. The number of hydrogen-bond acceptors (Lipinski definition) is 6. The molecule has 6 nitrogen and oxygen atoms in total. The minimum atomic E-state index is -0.271. The first-order valence-corrected chi connectivity index (χ1v) is 12.5. The summed E-state index contributed by atoms with van der Waals surface area (Å²) in [4.78, 5) is 27.3. The van der Waals surface area contributed by atoms with E-state index in [4.69, 9.17) is 11.6 Å². The Bertz CT molecular complexity index is 1090. The second kappa shape index (κ2) is 10.5. The number of piperidine rings is 1. The molecular weight excluding hydrogens is 464 g/mol. The van der Waals surface area contributed by atoms with Crippen LogP contribution < -0.4 is 5.32 Å². The standard InChI is InChI=1S/C23H23ClN4O2S2/c1-15-4-6-16(7-5-15)14-31-23-27-26-22(32-23)25-20(29)18-3-2-12-28(13-18)21(30)17-8-10-19(24)11-9-17/h4-11,18H,2-3,12-14H2,1H3,(H,25,26,29)/t18-/m0/s1. The van der Waals surface area contributed by atoms with Crippen molar-refractivity contribution in [1.82, 2.24) is 15.1 Å². The number of hydrogen-bond donors (Lipinski definition) is 1. The molecule has 0 radical (unpaired) electrons. The summed E-state index contributed by atoms with van der Waals surface area (Å²) in [6, 6.07) is 15.2. The zero-order chi connectivity index (χ0) is 22.5. The molecule has 1 aliphatic heterocycles. The summed E-state index contributed by atoms with van der Waals surface area (Å²) < 4.78 is 0.809. The van der Waals surface area contributed by atoms with Gasteiger partial charge in [-0.3, -0.25) is 9.59 Å². The van der Waals surface area contributed by atoms with Crippen LogP contribution in [-0.4, -0.2) is 40.0 Å². The van der Waals surface area contributed by atoms with Crippen molar-refractivity contribution < 1.29 is 9.59 Å². The maximum atomic E-state index is 12.8. The molecule has 1 saturated heterocycles. The van der Waals surface area contributed by atoms with Crippen molar-refractivity contribution in [2.75, 3.05) is 18.4 Å². The Balaban J connectivity index is 1.31. The van der Waals surface area contributed by atoms with Gasteiger partial charge in [0.1, 0.15) is 0 Å². The van der Waals surface area contributed by atoms with Crippen molar-refractivity contribution in [3.8, 4) is 0 Å². The Kier molecular flexibility index (Phi) is 7.44. The molecule has 0 spiro atoms. The van der Waals surface area contributed by atoms with Crippen LogP contribution in [0.4, 0.5) is 5.13 Å². The van der Waals surface area contributed by atoms with E-state index in [-0.39, 0.29) is 17.7 Å². The van der Waals surface area contributed by atoms with E-state index in [9.17, 15) is 9.59 Å². The number of halogens is 1. The number of carbonyl (C=O) groups is 2. The third kappa shape index (κ3) is 5.88. The van der Waals surface area contributed by atoms with E-state index in [0.717, 1.165) is 22.9 Å². The van der Waals surface area contributed by atoms with Crippen LogP contribution >= 0.6 is 34.7 Å². The van der Waals surface area contributed by atoms with Gasteiger partial charge in [0.25, 0.3) is 5.91 Å². The minimum Gasteiger partial charge on any atom is -0.338 e. The van der Waals surface area contributed by atoms with Crippen molar-refractivity contribution in [2.24, 2.45) is 5.92 Å². The molecule has 1 aliphatic rings. The summed E-state index contributed by atoms with van der Waals surface area (Å²) >= 11 is 8.88. The Hall–Kier alpha value is -2.42. The molecule has 2 amide bonds. The van der Waals surface area contributed by atoms with E-state index >= 15 is 0 Å². The number of aryl methyl sites for hydroxylation is 1. The summed E-state index contributed by atoms with van der Waals surface area (Å²) in [6.07, 6.45) is 1.52. The highest BCUT2D eigenvalue weighted by Gasteiger charge is 2.29. The summed E-state index contributed by atoms with van der Waals surface area (Å²) in [5.74, 6) is 0.329. The molecule has 2 aromatic carbocycles. The van der Waals surface area contributed by atoms with E-state index < -0.39 is 0 Å². The number of nitrogens with one attached hydrogen (secondary N) is 1. The van der Waals surface area contributed by atoms with Crippen LogP contribution in [0.15, 0.2) is 52.9 Å². The van der Waals surface area contributed by atoms with E-state index in [0.29, 0.717) is 28.8 Å². The van der Waals surface area contributed by atoms with Crippen LogP contribution in [0.5, 0.6) is 0 Å². The zero-order valence-corrected chi connectivity index (χ0v) is 20.0. The highest BCUT2D eigenvalue weighted by molar-refractivity contribution is 8.00. The Labute approximate surface area is 200 Å². The van der Waals surface area contributed by atoms with E-state index in [1.165, 1.54) is 22.5 Å². The first kappa shape index (κ1) is 22.8. The number of carbonyl (C=O) groups excluding carboxylic acids is 2. The SMILES string of the molecule is Cc1ccc(CSc2nnc(NC(=O)[C@H]3CCCN(C(=O)c4ccc(Cl)cc4)C3)s2)cc1. The largest absolute Gasteiger partial charge is 0.338 e. The lowest BCUT2D eigenvalue weighted by Gasteiger charge is -2.32. The molecule has 2 heterocycles. The van der Waals surface area contributed by atoms with Crippen molar-refractivity contribution in [3.63, 3.8) is 0 Å². The lowest BCUT2D eigenvalue weighted by atomic mass is 9.96. The zero-order valence-electron chi connectivity index (χ0n) is 17.6. The van der Waals surface area contributed by atoms with Crippen LogP contribution in [-0.2, 0) is 10.5 Å². The summed E-state index contributed by atoms with van der Waals surface area (Å²) in [7, 11) is 0. The average molecular weight is 487 g/mol. The summed E-state index contributed by atoms with van der Waals surface area (Å²) in [6.45, 7) is 3.10. The molecule has 166 valence electrons. The smallest absolute Gasteiger partial charge is 0.253 e. The summed E-state index contributed by atoms with van der Waals surface area (Å²) in [5.41, 5.74) is 3.03. The molecule has 1 aromatic heterocycles. The van der Waals surface area contributed by atoms with E-state index in [1.807, 2.05) is 0 Å². The van der Waals surface area contributed by atoms with Crippen LogP contribution in [0.3, 0.4) is 0 Å². The molecule has 0 bridgehead atoms. The number of amides is 2. The molecule has 1 atom stereocenters. The van der Waals surface area contributed by atoms with Gasteiger partial charge >= 0.3 is 0 Å². The van der Waals surface area contributed by atoms with Gasteiger partial charge in [-0.05, 0) is 49.6 Å². The van der Waals surface area contributed by atoms with Gasteiger partial charge in [-0.2, -0.15) is 0 Å². The molecule has 1 N–H and O–H groups in total. The van der Waals surface area contributed by atoms with Crippen molar-refractivity contribution in [1.29, 1.82) is 0 Å².